The Balaban J connectivity index is 1.97. The number of benzene rings is 4. The number of nitrogens with zero attached hydrogens (tertiary/aromatic N) is 1. The van der Waals surface area contributed by atoms with Crippen molar-refractivity contribution >= 4 is 34.8 Å². The lowest BCUT2D eigenvalue weighted by molar-refractivity contribution is 0.440. The monoisotopic (exact) mass is 499 g/mol. The summed E-state index contributed by atoms with van der Waals surface area (Å²) >= 11 is 0. The van der Waals surface area contributed by atoms with Gasteiger partial charge in [-0.05, 0) is 68.2 Å². The highest BCUT2D eigenvalue weighted by Crippen LogP contribution is 2.40. The second kappa shape index (κ2) is 11.0. The molecule has 0 unspecified atom stereocenters. The molecule has 0 aromatic heterocycles. The first kappa shape index (κ1) is 25.5. The fraction of sp³-hybridized carbons (Fsp3) is 0.226. The van der Waals surface area contributed by atoms with Gasteiger partial charge in [0, 0.05) is 7.05 Å². The number of hydrogen-bond donors (Lipinski definition) is 0. The minimum atomic E-state index is -1.19. The zero-order valence-corrected chi connectivity index (χ0v) is 22.9. The molecule has 2 nitrogen and oxygen atoms in total. The van der Waals surface area contributed by atoms with Crippen molar-refractivity contribution in [2.24, 2.45) is 0 Å². The van der Waals surface area contributed by atoms with Gasteiger partial charge in [0.15, 0.2) is 0 Å². The minimum Gasteiger partial charge on any atom is -0.242 e. The zero-order chi connectivity index (χ0) is 25.0. The topological polar surface area (TPSA) is 20.3 Å². The Morgan fingerprint density at radius 2 is 1.14 bits per heavy atom. The van der Waals surface area contributed by atoms with Gasteiger partial charge in [0.1, 0.15) is 11.0 Å². The molecule has 4 heteroatoms. The van der Waals surface area contributed by atoms with Crippen molar-refractivity contribution in [3.8, 4) is 0 Å². The lowest BCUT2D eigenvalue weighted by atomic mass is 9.95. The molecule has 0 bridgehead atoms. The van der Waals surface area contributed by atoms with Gasteiger partial charge >= 0.3 is 0 Å². The van der Waals surface area contributed by atoms with Crippen LogP contribution in [-0.2, 0) is 11.0 Å². The van der Waals surface area contributed by atoms with E-state index in [-0.39, 0.29) is 10.8 Å². The van der Waals surface area contributed by atoms with Crippen molar-refractivity contribution in [3.63, 3.8) is 0 Å². The molecule has 2 atom stereocenters. The van der Waals surface area contributed by atoms with Crippen molar-refractivity contribution in [3.05, 3.63) is 126 Å². The predicted octanol–water partition coefficient (Wildman–Crippen LogP) is 6.24. The van der Waals surface area contributed by atoms with Crippen LogP contribution in [-0.4, -0.2) is 20.3 Å². The second-order valence-electron chi connectivity index (χ2n) is 9.73. The summed E-state index contributed by atoms with van der Waals surface area (Å²) in [5.74, 6) is 0. The van der Waals surface area contributed by atoms with E-state index in [0.29, 0.717) is 0 Å². The van der Waals surface area contributed by atoms with E-state index in [9.17, 15) is 4.21 Å². The second-order valence-corrected chi connectivity index (χ2v) is 14.2. The third-order valence-electron chi connectivity index (χ3n) is 6.13. The lowest BCUT2D eigenvalue weighted by Crippen LogP contribution is -2.39. The Hall–Kier alpha value is -2.58. The fourth-order valence-electron chi connectivity index (χ4n) is 4.48. The van der Waals surface area contributed by atoms with Crippen LogP contribution in [0.3, 0.4) is 0 Å². The van der Waals surface area contributed by atoms with Gasteiger partial charge in [0.25, 0.3) is 0 Å². The van der Waals surface area contributed by atoms with Gasteiger partial charge < -0.3 is 0 Å². The number of hydrogen-bond acceptors (Lipinski definition) is 1. The minimum absolute atomic E-state index is 0.134. The van der Waals surface area contributed by atoms with Crippen LogP contribution < -0.4 is 15.9 Å². The molecule has 0 spiro atoms. The van der Waals surface area contributed by atoms with Crippen LogP contribution in [0.25, 0.3) is 0 Å². The summed E-state index contributed by atoms with van der Waals surface area (Å²) in [4.78, 5) is 0. The van der Waals surface area contributed by atoms with Gasteiger partial charge in [0.2, 0.25) is 0 Å². The fourth-order valence-corrected chi connectivity index (χ4v) is 8.25. The Kier molecular flexibility index (Phi) is 8.02. The molecule has 0 aliphatic heterocycles. The van der Waals surface area contributed by atoms with E-state index in [2.05, 4.69) is 120 Å². The molecule has 0 fully saturated rings. The zero-order valence-electron chi connectivity index (χ0n) is 21.2. The van der Waals surface area contributed by atoms with Crippen LogP contribution in [0.5, 0.6) is 0 Å². The first-order valence-corrected chi connectivity index (χ1v) is 14.4. The Morgan fingerprint density at radius 1 is 0.686 bits per heavy atom. The number of rotatable bonds is 7. The maximum Gasteiger partial charge on any atom is 0.100 e. The maximum absolute atomic E-state index is 13.7. The van der Waals surface area contributed by atoms with E-state index in [1.807, 2.05) is 27.8 Å². The summed E-state index contributed by atoms with van der Waals surface area (Å²) in [5.41, 5.74) is 3.60. The van der Waals surface area contributed by atoms with Crippen molar-refractivity contribution < 1.29 is 4.21 Å². The largest absolute Gasteiger partial charge is 0.242 e. The highest BCUT2D eigenvalue weighted by Gasteiger charge is 2.33. The molecule has 0 amide bonds. The molecule has 0 saturated carbocycles. The number of aryl methyl sites for hydroxylation is 1. The van der Waals surface area contributed by atoms with Crippen LogP contribution in [0.2, 0.25) is 0 Å². The summed E-state index contributed by atoms with van der Waals surface area (Å²) in [6.45, 7) is 8.28. The molecule has 0 aliphatic rings. The van der Waals surface area contributed by atoms with Crippen LogP contribution in [0, 0.1) is 6.92 Å². The molecule has 0 saturated heterocycles. The molecule has 4 rings (SSSR count). The van der Waals surface area contributed by atoms with Gasteiger partial charge in [-0.3, -0.25) is 0 Å². The molecular formula is C31H34NOPS. The highest BCUT2D eigenvalue weighted by molar-refractivity contribution is 7.84. The molecule has 0 radical (unpaired) electrons. The molecule has 0 heterocycles. The summed E-state index contributed by atoms with van der Waals surface area (Å²) in [6.07, 6.45) is 0. The summed E-state index contributed by atoms with van der Waals surface area (Å²) in [7, 11) is 0.0142. The summed E-state index contributed by atoms with van der Waals surface area (Å²) in [6, 6.07) is 38.6. The SMILES string of the molecule is Cc1ccccc1[C@@H](c1ccccc1P(c1ccccc1)c1ccccc1)N(C)[S@](=O)C(C)(C)C. The van der Waals surface area contributed by atoms with E-state index in [1.165, 1.54) is 32.6 Å². The van der Waals surface area contributed by atoms with Crippen LogP contribution in [0.4, 0.5) is 0 Å². The van der Waals surface area contributed by atoms with E-state index in [1.54, 1.807) is 0 Å². The van der Waals surface area contributed by atoms with E-state index in [4.69, 9.17) is 0 Å². The molecule has 4 aromatic rings. The van der Waals surface area contributed by atoms with Crippen molar-refractivity contribution in [2.75, 3.05) is 7.05 Å². The van der Waals surface area contributed by atoms with E-state index in [0.717, 1.165) is 0 Å². The van der Waals surface area contributed by atoms with Crippen molar-refractivity contribution in [1.82, 2.24) is 4.31 Å². The van der Waals surface area contributed by atoms with Crippen LogP contribution in [0.1, 0.15) is 43.5 Å². The van der Waals surface area contributed by atoms with Gasteiger partial charge in [-0.2, -0.15) is 0 Å². The summed E-state index contributed by atoms with van der Waals surface area (Å²) < 4.78 is 15.4. The average molecular weight is 500 g/mol. The molecular weight excluding hydrogens is 465 g/mol. The standard InChI is InChI=1S/C31H34NOPS/c1-24-16-12-13-21-27(24)30(32(5)35(33)31(2,3)4)28-22-14-15-23-29(28)34(25-17-8-6-9-18-25)26-19-10-7-11-20-26/h6-23,30H,1-5H3/t30-,35+/m0/s1. The normalized spacial score (nSPS) is 13.7. The quantitative estimate of drug-likeness (QED) is 0.276. The summed E-state index contributed by atoms with van der Waals surface area (Å²) in [5, 5.41) is 3.92. The molecule has 0 N–H and O–H groups in total. The molecule has 4 aromatic carbocycles. The smallest absolute Gasteiger partial charge is 0.100 e. The van der Waals surface area contributed by atoms with Crippen molar-refractivity contribution in [1.29, 1.82) is 0 Å². The van der Waals surface area contributed by atoms with Gasteiger partial charge in [-0.15, -0.1) is 0 Å². The highest BCUT2D eigenvalue weighted by atomic mass is 32.2. The van der Waals surface area contributed by atoms with Crippen LogP contribution in [0.15, 0.2) is 109 Å². The lowest BCUT2D eigenvalue weighted by Gasteiger charge is -2.35. The van der Waals surface area contributed by atoms with Gasteiger partial charge in [0.05, 0.1) is 10.8 Å². The molecule has 35 heavy (non-hydrogen) atoms. The van der Waals surface area contributed by atoms with E-state index >= 15 is 0 Å². The average Bonchev–Trinajstić information content (AvgIpc) is 2.86. The first-order valence-electron chi connectivity index (χ1n) is 12.0. The van der Waals surface area contributed by atoms with E-state index < -0.39 is 18.9 Å². The third-order valence-corrected chi connectivity index (χ3v) is 10.4. The Labute approximate surface area is 214 Å². The van der Waals surface area contributed by atoms with Crippen molar-refractivity contribution in [2.45, 2.75) is 38.5 Å². The maximum atomic E-state index is 13.7. The molecule has 180 valence electrons. The first-order chi connectivity index (χ1) is 16.8. The van der Waals surface area contributed by atoms with Gasteiger partial charge in [-0.25, -0.2) is 8.51 Å². The Morgan fingerprint density at radius 3 is 1.66 bits per heavy atom. The van der Waals surface area contributed by atoms with Gasteiger partial charge in [-0.1, -0.05) is 109 Å². The van der Waals surface area contributed by atoms with Crippen LogP contribution >= 0.6 is 7.92 Å². The predicted molar refractivity (Wildman–Crippen MR) is 154 cm³/mol. The Bertz CT molecular complexity index is 1240. The third kappa shape index (κ3) is 5.64. The molecule has 0 aliphatic carbocycles.